The summed E-state index contributed by atoms with van der Waals surface area (Å²) < 4.78 is 0. The van der Waals surface area contributed by atoms with Gasteiger partial charge in [0.05, 0.1) is 0 Å². The first-order valence-electron chi connectivity index (χ1n) is 12.3. The van der Waals surface area contributed by atoms with Crippen LogP contribution in [-0.2, 0) is 0 Å². The lowest BCUT2D eigenvalue weighted by atomic mass is 9.50. The maximum atomic E-state index is 7.51. The number of hydrogen-bond donors (Lipinski definition) is 1. The summed E-state index contributed by atoms with van der Waals surface area (Å²) in [6.07, 6.45) is 19.2. The van der Waals surface area contributed by atoms with E-state index >= 15 is 0 Å². The second-order valence-corrected chi connectivity index (χ2v) is 12.0. The Kier molecular flexibility index (Phi) is 6.33. The summed E-state index contributed by atoms with van der Waals surface area (Å²) >= 11 is 0. The van der Waals surface area contributed by atoms with Crippen molar-refractivity contribution in [3.63, 3.8) is 0 Å². The van der Waals surface area contributed by atoms with E-state index in [1.165, 1.54) is 57.8 Å². The minimum absolute atomic E-state index is 0.00404. The van der Waals surface area contributed by atoms with Crippen molar-refractivity contribution in [2.24, 2.45) is 52.1 Å². The molecule has 0 saturated heterocycles. The lowest BCUT2D eigenvalue weighted by Gasteiger charge is -2.57. The molecular formula is C27H47N. The van der Waals surface area contributed by atoms with Crippen molar-refractivity contribution in [2.45, 2.75) is 111 Å². The Labute approximate surface area is 176 Å². The lowest BCUT2D eigenvalue weighted by Crippen LogP contribution is -2.62. The van der Waals surface area contributed by atoms with Crippen molar-refractivity contribution in [2.75, 3.05) is 0 Å². The molecule has 0 aliphatic heterocycles. The summed E-state index contributed by atoms with van der Waals surface area (Å²) in [7, 11) is 0. The monoisotopic (exact) mass is 385 g/mol. The number of rotatable bonds is 5. The Morgan fingerprint density at radius 3 is 2.54 bits per heavy atom. The molecule has 0 radical (unpaired) electrons. The third-order valence-electron chi connectivity index (χ3n) is 9.99. The fourth-order valence-electron chi connectivity index (χ4n) is 8.21. The van der Waals surface area contributed by atoms with Crippen LogP contribution in [0.5, 0.6) is 0 Å². The predicted octanol–water partition coefficient (Wildman–Crippen LogP) is 7.05. The third-order valence-corrected chi connectivity index (χ3v) is 9.99. The molecule has 0 aromatic carbocycles. The Balaban J connectivity index is 1.84. The van der Waals surface area contributed by atoms with E-state index in [1.54, 1.807) is 0 Å². The summed E-state index contributed by atoms with van der Waals surface area (Å²) in [6, 6.07) is 0. The molecule has 8 atom stereocenters. The largest absolute Gasteiger partial charge is 0.324 e. The number of terminal acetylenes is 1. The van der Waals surface area contributed by atoms with Crippen molar-refractivity contribution >= 4 is 0 Å². The van der Waals surface area contributed by atoms with Gasteiger partial charge in [0.1, 0.15) is 0 Å². The molecular weight excluding hydrogens is 338 g/mol. The highest BCUT2D eigenvalue weighted by atomic mass is 14.9. The van der Waals surface area contributed by atoms with Crippen LogP contribution in [0.2, 0.25) is 0 Å². The van der Waals surface area contributed by atoms with Gasteiger partial charge < -0.3 is 5.73 Å². The highest BCUT2D eigenvalue weighted by molar-refractivity contribution is 5.16. The number of nitrogens with two attached hydrogens (primary N) is 1. The van der Waals surface area contributed by atoms with Crippen molar-refractivity contribution in [3.05, 3.63) is 0 Å². The molecule has 3 fully saturated rings. The molecule has 0 aromatic heterocycles. The van der Waals surface area contributed by atoms with Gasteiger partial charge in [-0.05, 0) is 93.3 Å². The Morgan fingerprint density at radius 2 is 1.89 bits per heavy atom. The van der Waals surface area contributed by atoms with Crippen LogP contribution in [0.3, 0.4) is 0 Å². The Hall–Kier alpha value is -0.480. The molecule has 1 nitrogen and oxygen atoms in total. The Morgan fingerprint density at radius 1 is 1.18 bits per heavy atom. The molecule has 3 aliphatic rings. The molecule has 8 unspecified atom stereocenters. The zero-order chi connectivity index (χ0) is 20.7. The molecule has 2 N–H and O–H groups in total. The van der Waals surface area contributed by atoms with E-state index in [2.05, 4.69) is 47.5 Å². The molecule has 0 bridgehead atoms. The number of hydrogen-bond acceptors (Lipinski definition) is 1. The van der Waals surface area contributed by atoms with Crippen LogP contribution >= 0.6 is 0 Å². The molecule has 3 saturated carbocycles. The molecule has 1 heteroatoms. The molecule has 0 spiro atoms. The zero-order valence-electron chi connectivity index (χ0n) is 19.7. The van der Waals surface area contributed by atoms with Crippen molar-refractivity contribution in [3.8, 4) is 12.3 Å². The SMILES string of the molecule is C#CC(C)(C)CC(C)C1CCC2(N)C(C3CC(CC)CCC3C)CCCC12C. The summed E-state index contributed by atoms with van der Waals surface area (Å²) in [5.41, 5.74) is 7.83. The van der Waals surface area contributed by atoms with Crippen molar-refractivity contribution in [1.29, 1.82) is 0 Å². The number of fused-ring (bicyclic) bond motifs is 1. The van der Waals surface area contributed by atoms with Gasteiger partial charge in [0.25, 0.3) is 0 Å². The van der Waals surface area contributed by atoms with Gasteiger partial charge in [-0.2, -0.15) is 0 Å². The second-order valence-electron chi connectivity index (χ2n) is 12.0. The molecule has 3 aliphatic carbocycles. The van der Waals surface area contributed by atoms with Crippen LogP contribution in [-0.4, -0.2) is 5.54 Å². The fourth-order valence-corrected chi connectivity index (χ4v) is 8.21. The molecule has 0 aromatic rings. The first kappa shape index (κ1) is 22.2. The molecule has 160 valence electrons. The van der Waals surface area contributed by atoms with Crippen LogP contribution in [0.15, 0.2) is 0 Å². The van der Waals surface area contributed by atoms with Crippen LogP contribution in [0.1, 0.15) is 106 Å². The van der Waals surface area contributed by atoms with Crippen molar-refractivity contribution < 1.29 is 0 Å². The molecule has 0 amide bonds. The normalized spacial score (nSPS) is 45.3. The smallest absolute Gasteiger partial charge is 0.0258 e. The summed E-state index contributed by atoms with van der Waals surface area (Å²) in [5, 5.41) is 0. The van der Waals surface area contributed by atoms with E-state index in [1.807, 2.05) is 0 Å². The molecule has 28 heavy (non-hydrogen) atoms. The topological polar surface area (TPSA) is 26.0 Å². The van der Waals surface area contributed by atoms with E-state index in [-0.39, 0.29) is 11.0 Å². The highest BCUT2D eigenvalue weighted by Gasteiger charge is 2.62. The van der Waals surface area contributed by atoms with Gasteiger partial charge in [0.15, 0.2) is 0 Å². The fraction of sp³-hybridized carbons (Fsp3) is 0.926. The molecule has 3 rings (SSSR count). The second kappa shape index (κ2) is 7.98. The van der Waals surface area contributed by atoms with Crippen LogP contribution in [0.4, 0.5) is 0 Å². The van der Waals surface area contributed by atoms with Crippen LogP contribution in [0.25, 0.3) is 0 Å². The van der Waals surface area contributed by atoms with E-state index in [9.17, 15) is 0 Å². The third kappa shape index (κ3) is 3.69. The summed E-state index contributed by atoms with van der Waals surface area (Å²) in [6.45, 7) is 14.4. The van der Waals surface area contributed by atoms with Gasteiger partial charge in [-0.1, -0.05) is 53.4 Å². The van der Waals surface area contributed by atoms with E-state index in [4.69, 9.17) is 12.2 Å². The van der Waals surface area contributed by atoms with E-state index in [0.717, 1.165) is 36.0 Å². The standard InChI is InChI=1S/C27H47N/c1-8-21-13-12-19(3)22(17-21)24-11-10-15-26(7)23(14-16-27(24,26)28)20(4)18-25(5,6)9-2/h2,19-24H,8,10-18,28H2,1,3-7H3. The molecule has 0 heterocycles. The minimum atomic E-state index is -0.00404. The highest BCUT2D eigenvalue weighted by Crippen LogP contribution is 2.64. The average Bonchev–Trinajstić information content (AvgIpc) is 2.93. The van der Waals surface area contributed by atoms with Gasteiger partial charge in [0, 0.05) is 11.0 Å². The minimum Gasteiger partial charge on any atom is -0.324 e. The van der Waals surface area contributed by atoms with Crippen LogP contribution in [0, 0.1) is 58.7 Å². The van der Waals surface area contributed by atoms with Gasteiger partial charge in [0.2, 0.25) is 0 Å². The zero-order valence-corrected chi connectivity index (χ0v) is 19.7. The maximum Gasteiger partial charge on any atom is 0.0258 e. The van der Waals surface area contributed by atoms with Crippen molar-refractivity contribution in [1.82, 2.24) is 0 Å². The lowest BCUT2D eigenvalue weighted by molar-refractivity contribution is -0.0436. The quantitative estimate of drug-likeness (QED) is 0.504. The Bertz CT molecular complexity index is 586. The average molecular weight is 386 g/mol. The first-order valence-corrected chi connectivity index (χ1v) is 12.3. The van der Waals surface area contributed by atoms with E-state index < -0.39 is 0 Å². The maximum absolute atomic E-state index is 7.51. The summed E-state index contributed by atoms with van der Waals surface area (Å²) in [4.78, 5) is 0. The van der Waals surface area contributed by atoms with Gasteiger partial charge in [-0.25, -0.2) is 0 Å². The van der Waals surface area contributed by atoms with Crippen LogP contribution < -0.4 is 5.73 Å². The first-order chi connectivity index (χ1) is 13.1. The van der Waals surface area contributed by atoms with E-state index in [0.29, 0.717) is 11.3 Å². The summed E-state index contributed by atoms with van der Waals surface area (Å²) in [5.74, 6) is 7.79. The van der Waals surface area contributed by atoms with Gasteiger partial charge in [-0.3, -0.25) is 0 Å². The van der Waals surface area contributed by atoms with Gasteiger partial charge >= 0.3 is 0 Å². The van der Waals surface area contributed by atoms with Gasteiger partial charge in [-0.15, -0.1) is 12.3 Å². The predicted molar refractivity (Wildman–Crippen MR) is 122 cm³/mol.